The minimum Gasteiger partial charge on any atom is -0.465 e. The maximum atomic E-state index is 11.5. The van der Waals surface area contributed by atoms with E-state index in [1.54, 1.807) is 6.92 Å². The average Bonchev–Trinajstić information content (AvgIpc) is 2.46. The average molecular weight is 292 g/mol. The highest BCUT2D eigenvalue weighted by molar-refractivity contribution is 5.76. The molecule has 6 heteroatoms. The Kier molecular flexibility index (Phi) is 4.67. The van der Waals surface area contributed by atoms with E-state index in [1.807, 2.05) is 19.1 Å². The van der Waals surface area contributed by atoms with E-state index in [9.17, 15) is 9.59 Å². The van der Waals surface area contributed by atoms with Crippen LogP contribution in [0.5, 0.6) is 0 Å². The summed E-state index contributed by atoms with van der Waals surface area (Å²) in [5, 5.41) is 12.2. The molecule has 0 unspecified atom stereocenters. The molecule has 2 N–H and O–H groups in total. The third-order valence-corrected chi connectivity index (χ3v) is 3.60. The molecule has 1 heterocycles. The molecule has 2 rings (SSSR count). The third-order valence-electron chi connectivity index (χ3n) is 3.60. The summed E-state index contributed by atoms with van der Waals surface area (Å²) in [7, 11) is 0. The predicted octanol–water partition coefficient (Wildman–Crippen LogP) is 2.01. The van der Waals surface area contributed by atoms with E-state index in [1.165, 1.54) is 4.90 Å². The predicted molar refractivity (Wildman–Crippen MR) is 78.4 cm³/mol. The van der Waals surface area contributed by atoms with Crippen LogP contribution in [0.1, 0.15) is 23.6 Å². The van der Waals surface area contributed by atoms with Gasteiger partial charge in [-0.3, -0.25) is 4.79 Å². The van der Waals surface area contributed by atoms with Gasteiger partial charge in [0.15, 0.2) is 0 Å². The second kappa shape index (κ2) is 6.47. The summed E-state index contributed by atoms with van der Waals surface area (Å²) < 4.78 is 4.91. The summed E-state index contributed by atoms with van der Waals surface area (Å²) in [6, 6.07) is 3.90. The summed E-state index contributed by atoms with van der Waals surface area (Å²) in [6.07, 6.45) is -0.253. The van der Waals surface area contributed by atoms with Crippen molar-refractivity contribution in [2.24, 2.45) is 0 Å². The summed E-state index contributed by atoms with van der Waals surface area (Å²) in [5.74, 6) is -0.294. The molecule has 0 atom stereocenters. The molecular weight excluding hydrogens is 272 g/mol. The van der Waals surface area contributed by atoms with Crippen molar-refractivity contribution in [2.45, 2.75) is 26.8 Å². The number of rotatable bonds is 4. The van der Waals surface area contributed by atoms with Crippen LogP contribution >= 0.6 is 0 Å². The Hall–Kier alpha value is -2.24. The van der Waals surface area contributed by atoms with Crippen LogP contribution in [0.15, 0.2) is 12.1 Å². The number of ether oxygens (including phenoxy) is 1. The maximum Gasteiger partial charge on any atom is 0.407 e. The molecule has 0 radical (unpaired) electrons. The lowest BCUT2D eigenvalue weighted by Gasteiger charge is -2.29. The van der Waals surface area contributed by atoms with Gasteiger partial charge in [-0.05, 0) is 37.0 Å². The second-order valence-corrected chi connectivity index (χ2v) is 5.01. The van der Waals surface area contributed by atoms with Crippen LogP contribution in [0, 0.1) is 6.92 Å². The molecule has 6 nitrogen and oxygen atoms in total. The molecule has 0 spiro atoms. The van der Waals surface area contributed by atoms with E-state index in [0.717, 1.165) is 22.4 Å². The van der Waals surface area contributed by atoms with Crippen molar-refractivity contribution in [3.05, 3.63) is 28.8 Å². The van der Waals surface area contributed by atoms with E-state index in [4.69, 9.17) is 9.84 Å². The second-order valence-electron chi connectivity index (χ2n) is 5.01. The smallest absolute Gasteiger partial charge is 0.407 e. The highest BCUT2D eigenvalue weighted by atomic mass is 16.5. The van der Waals surface area contributed by atoms with E-state index in [2.05, 4.69) is 5.32 Å². The lowest BCUT2D eigenvalue weighted by molar-refractivity contribution is -0.140. The number of amides is 1. The van der Waals surface area contributed by atoms with Crippen LogP contribution in [0.25, 0.3) is 0 Å². The van der Waals surface area contributed by atoms with Gasteiger partial charge in [-0.1, -0.05) is 12.1 Å². The van der Waals surface area contributed by atoms with Gasteiger partial charge in [-0.15, -0.1) is 0 Å². The fourth-order valence-corrected chi connectivity index (χ4v) is 2.56. The first-order valence-electron chi connectivity index (χ1n) is 7.01. The maximum absolute atomic E-state index is 11.5. The standard InChI is InChI=1S/C15H20N2O4/c1-3-21-13(18)8-16-14-10(2)4-5-11-9-17(15(19)20)7-6-12(11)14/h4-5,16H,3,6-9H2,1-2H3,(H,19,20). The van der Waals surface area contributed by atoms with Gasteiger partial charge in [-0.25, -0.2) is 4.79 Å². The number of esters is 1. The van der Waals surface area contributed by atoms with Crippen molar-refractivity contribution in [2.75, 3.05) is 25.0 Å². The number of carbonyl (C=O) groups is 2. The minimum absolute atomic E-state index is 0.119. The SMILES string of the molecule is CCOC(=O)CNc1c(C)ccc2c1CCN(C(=O)O)C2. The van der Waals surface area contributed by atoms with Gasteiger partial charge >= 0.3 is 12.1 Å². The van der Waals surface area contributed by atoms with Gasteiger partial charge in [0.25, 0.3) is 0 Å². The molecule has 1 amide bonds. The number of nitrogens with zero attached hydrogens (tertiary/aromatic N) is 1. The number of hydrogen-bond donors (Lipinski definition) is 2. The normalized spacial score (nSPS) is 13.5. The molecule has 0 saturated carbocycles. The lowest BCUT2D eigenvalue weighted by atomic mass is 9.95. The Morgan fingerprint density at radius 2 is 2.19 bits per heavy atom. The van der Waals surface area contributed by atoms with Gasteiger partial charge in [-0.2, -0.15) is 0 Å². The van der Waals surface area contributed by atoms with Gasteiger partial charge in [0, 0.05) is 18.8 Å². The Balaban J connectivity index is 2.17. The first-order chi connectivity index (χ1) is 10.0. The highest BCUT2D eigenvalue weighted by Gasteiger charge is 2.23. The zero-order valence-electron chi connectivity index (χ0n) is 12.3. The number of anilines is 1. The van der Waals surface area contributed by atoms with Crippen molar-refractivity contribution in [1.29, 1.82) is 0 Å². The molecule has 1 aliphatic rings. The van der Waals surface area contributed by atoms with Gasteiger partial charge in [0.1, 0.15) is 6.54 Å². The first-order valence-corrected chi connectivity index (χ1v) is 7.01. The van der Waals surface area contributed by atoms with Crippen LogP contribution in [0.3, 0.4) is 0 Å². The summed E-state index contributed by atoms with van der Waals surface area (Å²) in [5.41, 5.74) is 4.05. The Morgan fingerprint density at radius 3 is 2.86 bits per heavy atom. The number of hydrogen-bond acceptors (Lipinski definition) is 4. The van der Waals surface area contributed by atoms with Crippen molar-refractivity contribution < 1.29 is 19.4 Å². The van der Waals surface area contributed by atoms with Crippen LogP contribution in [-0.4, -0.2) is 41.8 Å². The lowest BCUT2D eigenvalue weighted by Crippen LogP contribution is -2.35. The van der Waals surface area contributed by atoms with Gasteiger partial charge in [0.2, 0.25) is 0 Å². The number of benzene rings is 1. The zero-order valence-corrected chi connectivity index (χ0v) is 12.3. The molecule has 0 bridgehead atoms. The van der Waals surface area contributed by atoms with Crippen molar-refractivity contribution >= 4 is 17.7 Å². The van der Waals surface area contributed by atoms with E-state index in [0.29, 0.717) is 26.1 Å². The van der Waals surface area contributed by atoms with E-state index < -0.39 is 6.09 Å². The molecule has 0 fully saturated rings. The molecule has 1 aromatic carbocycles. The fraction of sp³-hybridized carbons (Fsp3) is 0.467. The molecule has 0 saturated heterocycles. The van der Waals surface area contributed by atoms with Crippen molar-refractivity contribution in [3.63, 3.8) is 0 Å². The van der Waals surface area contributed by atoms with Crippen molar-refractivity contribution in [3.8, 4) is 0 Å². The summed E-state index contributed by atoms with van der Waals surface area (Å²) in [4.78, 5) is 23.9. The monoisotopic (exact) mass is 292 g/mol. The topological polar surface area (TPSA) is 78.9 Å². The number of carboxylic acid groups (broad SMARTS) is 1. The highest BCUT2D eigenvalue weighted by Crippen LogP contribution is 2.29. The molecule has 1 aliphatic heterocycles. The van der Waals surface area contributed by atoms with Gasteiger partial charge < -0.3 is 20.1 Å². The van der Waals surface area contributed by atoms with Crippen LogP contribution in [0.2, 0.25) is 0 Å². The summed E-state index contributed by atoms with van der Waals surface area (Å²) in [6.45, 7) is 5.08. The Labute approximate surface area is 123 Å². The van der Waals surface area contributed by atoms with E-state index in [-0.39, 0.29) is 12.5 Å². The molecule has 1 aromatic rings. The number of nitrogens with one attached hydrogen (secondary N) is 1. The summed E-state index contributed by atoms with van der Waals surface area (Å²) >= 11 is 0. The molecular formula is C15H20N2O4. The number of fused-ring (bicyclic) bond motifs is 1. The minimum atomic E-state index is -0.901. The van der Waals surface area contributed by atoms with E-state index >= 15 is 0 Å². The van der Waals surface area contributed by atoms with Gasteiger partial charge in [0.05, 0.1) is 6.61 Å². The van der Waals surface area contributed by atoms with Crippen LogP contribution in [0.4, 0.5) is 10.5 Å². The first kappa shape index (κ1) is 15.2. The van der Waals surface area contributed by atoms with Crippen molar-refractivity contribution in [1.82, 2.24) is 4.90 Å². The Morgan fingerprint density at radius 1 is 1.43 bits per heavy atom. The molecule has 0 aromatic heterocycles. The fourth-order valence-electron chi connectivity index (χ4n) is 2.56. The zero-order chi connectivity index (χ0) is 15.4. The third kappa shape index (κ3) is 3.45. The number of carbonyl (C=O) groups excluding carboxylic acids is 1. The van der Waals surface area contributed by atoms with Crippen LogP contribution in [-0.2, 0) is 22.5 Å². The molecule has 0 aliphatic carbocycles. The largest absolute Gasteiger partial charge is 0.465 e. The molecule has 114 valence electrons. The quantitative estimate of drug-likeness (QED) is 0.830. The molecule has 21 heavy (non-hydrogen) atoms. The van der Waals surface area contributed by atoms with Crippen LogP contribution < -0.4 is 5.32 Å². The number of aryl methyl sites for hydroxylation is 1. The Bertz CT molecular complexity index is 557.